The molecule has 0 aliphatic carbocycles. The maximum atomic E-state index is 11.6. The fourth-order valence-electron chi connectivity index (χ4n) is 1.88. The molecule has 0 aromatic rings. The Kier molecular flexibility index (Phi) is 3.50. The van der Waals surface area contributed by atoms with Gasteiger partial charge in [0.05, 0.1) is 6.61 Å². The number of amides is 3. The van der Waals surface area contributed by atoms with Gasteiger partial charge in [-0.25, -0.2) is 15.2 Å². The number of urea groups is 1. The predicted octanol–water partition coefficient (Wildman–Crippen LogP) is -3.13. The normalized spacial score (nSPS) is 41.1. The summed E-state index contributed by atoms with van der Waals surface area (Å²) in [6.07, 6.45) is -4.83. The number of hydrazine groups is 1. The van der Waals surface area contributed by atoms with E-state index in [9.17, 15) is 19.8 Å². The zero-order valence-corrected chi connectivity index (χ0v) is 9.61. The minimum Gasteiger partial charge on any atom is -0.394 e. The van der Waals surface area contributed by atoms with Gasteiger partial charge in [-0.2, -0.15) is 0 Å². The molecule has 0 aromatic heterocycles. The summed E-state index contributed by atoms with van der Waals surface area (Å²) in [6, 6.07) is -1.46. The van der Waals surface area contributed by atoms with E-state index in [1.165, 1.54) is 6.92 Å². The molecule has 2 fully saturated rings. The standard InChI is InChI=1S/C9H15N3O6/c1-3-7(16)10-9(17)12(11-3)8-6(15)5(14)4(2-13)18-8/h3-6,8,11,13-15H,2H2,1H3,(H,10,16,17)/t3?,4-,5-,6-,8-/m1/s1. The highest BCUT2D eigenvalue weighted by Gasteiger charge is 2.48. The van der Waals surface area contributed by atoms with Gasteiger partial charge in [0.2, 0.25) is 5.91 Å². The van der Waals surface area contributed by atoms with Crippen LogP contribution in [0.2, 0.25) is 0 Å². The van der Waals surface area contributed by atoms with Crippen molar-refractivity contribution < 1.29 is 29.6 Å². The molecule has 3 amide bonds. The smallest absolute Gasteiger partial charge is 0.340 e. The van der Waals surface area contributed by atoms with Gasteiger partial charge in [0, 0.05) is 0 Å². The molecule has 102 valence electrons. The van der Waals surface area contributed by atoms with Crippen molar-refractivity contribution in [2.24, 2.45) is 0 Å². The Labute approximate surface area is 102 Å². The highest BCUT2D eigenvalue weighted by molar-refractivity contribution is 5.98. The molecule has 2 heterocycles. The first-order chi connectivity index (χ1) is 8.45. The van der Waals surface area contributed by atoms with Crippen molar-refractivity contribution in [2.45, 2.75) is 37.5 Å². The number of hydrogen-bond donors (Lipinski definition) is 5. The maximum Gasteiger partial charge on any atom is 0.340 e. The molecule has 18 heavy (non-hydrogen) atoms. The molecule has 2 saturated heterocycles. The monoisotopic (exact) mass is 261 g/mol. The summed E-state index contributed by atoms with van der Waals surface area (Å²) in [6.45, 7) is 1.04. The van der Waals surface area contributed by atoms with Gasteiger partial charge < -0.3 is 20.1 Å². The van der Waals surface area contributed by atoms with Gasteiger partial charge >= 0.3 is 6.03 Å². The molecule has 5 N–H and O–H groups in total. The van der Waals surface area contributed by atoms with E-state index in [0.717, 1.165) is 5.01 Å². The third-order valence-electron chi connectivity index (χ3n) is 2.95. The van der Waals surface area contributed by atoms with Crippen LogP contribution in [0.25, 0.3) is 0 Å². The number of hydrogen-bond acceptors (Lipinski definition) is 7. The molecular weight excluding hydrogens is 246 g/mol. The number of carbonyl (C=O) groups is 2. The topological polar surface area (TPSA) is 131 Å². The van der Waals surface area contributed by atoms with Gasteiger partial charge in [0.1, 0.15) is 24.4 Å². The van der Waals surface area contributed by atoms with E-state index >= 15 is 0 Å². The molecule has 0 aromatic carbocycles. The fourth-order valence-corrected chi connectivity index (χ4v) is 1.88. The number of ether oxygens (including phenoxy) is 1. The van der Waals surface area contributed by atoms with Gasteiger partial charge in [-0.05, 0) is 6.92 Å². The first-order valence-electron chi connectivity index (χ1n) is 5.48. The van der Waals surface area contributed by atoms with Crippen LogP contribution >= 0.6 is 0 Å². The first kappa shape index (κ1) is 13.2. The summed E-state index contributed by atoms with van der Waals surface area (Å²) in [5, 5.41) is 31.2. The number of nitrogens with zero attached hydrogens (tertiary/aromatic N) is 1. The SMILES string of the molecule is CC1NN([C@@H]2O[C@H](CO)[C@@H](O)[C@H]2O)C(=O)NC1=O. The van der Waals surface area contributed by atoms with E-state index in [1.54, 1.807) is 0 Å². The largest absolute Gasteiger partial charge is 0.394 e. The third-order valence-corrected chi connectivity index (χ3v) is 2.95. The summed E-state index contributed by atoms with van der Waals surface area (Å²) in [5.74, 6) is -0.497. The second-order valence-corrected chi connectivity index (χ2v) is 4.24. The molecule has 5 atom stereocenters. The van der Waals surface area contributed by atoms with Crippen LogP contribution in [0.5, 0.6) is 0 Å². The Balaban J connectivity index is 2.12. The predicted molar refractivity (Wildman–Crippen MR) is 55.7 cm³/mol. The number of rotatable bonds is 2. The molecule has 1 unspecified atom stereocenters. The summed E-state index contributed by atoms with van der Waals surface area (Å²) >= 11 is 0. The van der Waals surface area contributed by atoms with Crippen molar-refractivity contribution in [1.29, 1.82) is 0 Å². The van der Waals surface area contributed by atoms with Gasteiger partial charge in [0.15, 0.2) is 6.23 Å². The van der Waals surface area contributed by atoms with Crippen LogP contribution in [0.3, 0.4) is 0 Å². The number of imide groups is 1. The van der Waals surface area contributed by atoms with Crippen LogP contribution in [0, 0.1) is 0 Å². The second-order valence-electron chi connectivity index (χ2n) is 4.24. The number of nitrogens with one attached hydrogen (secondary N) is 2. The first-order valence-corrected chi connectivity index (χ1v) is 5.48. The average molecular weight is 261 g/mol. The Morgan fingerprint density at radius 3 is 2.56 bits per heavy atom. The highest BCUT2D eigenvalue weighted by Crippen LogP contribution is 2.23. The van der Waals surface area contributed by atoms with E-state index in [4.69, 9.17) is 9.84 Å². The molecule has 0 radical (unpaired) electrons. The van der Waals surface area contributed by atoms with E-state index in [0.29, 0.717) is 0 Å². The maximum absolute atomic E-state index is 11.6. The molecule has 2 aliphatic rings. The third kappa shape index (κ3) is 2.06. The molecule has 0 saturated carbocycles. The van der Waals surface area contributed by atoms with E-state index in [-0.39, 0.29) is 0 Å². The van der Waals surface area contributed by atoms with Crippen molar-refractivity contribution in [1.82, 2.24) is 15.8 Å². The van der Waals surface area contributed by atoms with E-state index in [2.05, 4.69) is 10.7 Å². The highest BCUT2D eigenvalue weighted by atomic mass is 16.6. The number of aliphatic hydroxyl groups excluding tert-OH is 3. The van der Waals surface area contributed by atoms with Crippen LogP contribution in [0.1, 0.15) is 6.92 Å². The summed E-state index contributed by atoms with van der Waals surface area (Å²) in [5.41, 5.74) is 2.55. The zero-order valence-electron chi connectivity index (χ0n) is 9.61. The lowest BCUT2D eigenvalue weighted by Crippen LogP contribution is -2.67. The van der Waals surface area contributed by atoms with Gasteiger partial charge in [0.25, 0.3) is 0 Å². The van der Waals surface area contributed by atoms with Crippen LogP contribution in [0.4, 0.5) is 4.79 Å². The molecule has 9 heteroatoms. The average Bonchev–Trinajstić information content (AvgIpc) is 2.61. The quantitative estimate of drug-likeness (QED) is 0.355. The lowest BCUT2D eigenvalue weighted by Gasteiger charge is -2.35. The fraction of sp³-hybridized carbons (Fsp3) is 0.778. The van der Waals surface area contributed by atoms with Crippen molar-refractivity contribution >= 4 is 11.9 Å². The molecule has 0 bridgehead atoms. The molecule has 9 nitrogen and oxygen atoms in total. The van der Waals surface area contributed by atoms with Gasteiger partial charge in [-0.15, -0.1) is 0 Å². The second kappa shape index (κ2) is 4.78. The lowest BCUT2D eigenvalue weighted by atomic mass is 10.1. The van der Waals surface area contributed by atoms with E-state index < -0.39 is 49.1 Å². The van der Waals surface area contributed by atoms with Crippen LogP contribution < -0.4 is 10.7 Å². The van der Waals surface area contributed by atoms with Crippen LogP contribution in [-0.2, 0) is 9.53 Å². The number of carbonyl (C=O) groups excluding carboxylic acids is 2. The summed E-state index contributed by atoms with van der Waals surface area (Å²) < 4.78 is 5.17. The van der Waals surface area contributed by atoms with Crippen molar-refractivity contribution in [3.05, 3.63) is 0 Å². The Morgan fingerprint density at radius 2 is 2.00 bits per heavy atom. The van der Waals surface area contributed by atoms with Crippen molar-refractivity contribution in [2.75, 3.05) is 6.61 Å². The Bertz CT molecular complexity index is 364. The molecule has 0 spiro atoms. The minimum absolute atomic E-state index is 0.487. The molecule has 2 aliphatic heterocycles. The Hall–Kier alpha value is -1.26. The van der Waals surface area contributed by atoms with Gasteiger partial charge in [-0.3, -0.25) is 10.1 Å². The van der Waals surface area contributed by atoms with Crippen molar-refractivity contribution in [3.8, 4) is 0 Å². The van der Waals surface area contributed by atoms with E-state index in [1.807, 2.05) is 0 Å². The minimum atomic E-state index is -1.37. The summed E-state index contributed by atoms with van der Waals surface area (Å²) in [4.78, 5) is 22.8. The Morgan fingerprint density at radius 1 is 1.33 bits per heavy atom. The van der Waals surface area contributed by atoms with Crippen LogP contribution in [0.15, 0.2) is 0 Å². The van der Waals surface area contributed by atoms with Gasteiger partial charge in [-0.1, -0.05) is 0 Å². The van der Waals surface area contributed by atoms with Crippen molar-refractivity contribution in [3.63, 3.8) is 0 Å². The molecular formula is C9H15N3O6. The lowest BCUT2D eigenvalue weighted by molar-refractivity contribution is -0.134. The zero-order chi connectivity index (χ0) is 13.4. The summed E-state index contributed by atoms with van der Waals surface area (Å²) in [7, 11) is 0. The molecule has 2 rings (SSSR count). The number of aliphatic hydroxyl groups is 3. The van der Waals surface area contributed by atoms with Crippen LogP contribution in [-0.4, -0.2) is 69.5 Å².